The first-order valence-corrected chi connectivity index (χ1v) is 8.11. The summed E-state index contributed by atoms with van der Waals surface area (Å²) < 4.78 is 0. The Hall–Kier alpha value is -0.180. The zero-order chi connectivity index (χ0) is 13.4. The molecule has 0 amide bonds. The minimum atomic E-state index is 0.688. The Labute approximate surface area is 121 Å². The lowest BCUT2D eigenvalue weighted by Gasteiger charge is -2.12. The van der Waals surface area contributed by atoms with Crippen molar-refractivity contribution in [3.63, 3.8) is 0 Å². The molecule has 0 fully saturated rings. The lowest BCUT2D eigenvalue weighted by Crippen LogP contribution is -2.19. The quantitative estimate of drug-likeness (QED) is 0.534. The Morgan fingerprint density at radius 3 is 2.78 bits per heavy atom. The Bertz CT molecular complexity index is 352. The van der Waals surface area contributed by atoms with Crippen LogP contribution in [0.15, 0.2) is 23.1 Å². The molecule has 1 nitrogen and oxygen atoms in total. The van der Waals surface area contributed by atoms with E-state index in [1.807, 2.05) is 17.8 Å². The summed E-state index contributed by atoms with van der Waals surface area (Å²) in [7, 11) is 0. The van der Waals surface area contributed by atoms with Crippen LogP contribution in [0.1, 0.15) is 39.2 Å². The van der Waals surface area contributed by atoms with Crippen LogP contribution in [0.3, 0.4) is 0 Å². The Kier molecular flexibility index (Phi) is 7.80. The van der Waals surface area contributed by atoms with Crippen LogP contribution < -0.4 is 5.32 Å². The molecule has 0 radical (unpaired) electrons. The molecule has 1 N–H and O–H groups in total. The summed E-state index contributed by atoms with van der Waals surface area (Å²) in [5.41, 5.74) is 1.36. The number of nitrogens with one attached hydrogen (secondary N) is 1. The van der Waals surface area contributed by atoms with E-state index in [0.29, 0.717) is 5.92 Å². The highest BCUT2D eigenvalue weighted by atomic mass is 35.5. The fourth-order valence-electron chi connectivity index (χ4n) is 1.63. The number of hydrogen-bond acceptors (Lipinski definition) is 2. The number of unbranched alkanes of at least 4 members (excludes halogenated alkanes) is 1. The van der Waals surface area contributed by atoms with Crippen LogP contribution in [0.5, 0.6) is 0 Å². The molecule has 0 atom stereocenters. The summed E-state index contributed by atoms with van der Waals surface area (Å²) in [6.45, 7) is 8.67. The number of benzene rings is 1. The van der Waals surface area contributed by atoms with Crippen molar-refractivity contribution in [1.82, 2.24) is 5.32 Å². The number of thioether (sulfide) groups is 1. The zero-order valence-electron chi connectivity index (χ0n) is 11.6. The third-order valence-corrected chi connectivity index (χ3v) is 4.07. The van der Waals surface area contributed by atoms with E-state index in [-0.39, 0.29) is 0 Å². The molecular formula is C15H24ClNS. The molecule has 1 aromatic rings. The van der Waals surface area contributed by atoms with Crippen LogP contribution in [-0.2, 0) is 6.54 Å². The first-order valence-electron chi connectivity index (χ1n) is 6.75. The van der Waals surface area contributed by atoms with Crippen LogP contribution in [0, 0.1) is 5.92 Å². The topological polar surface area (TPSA) is 12.0 Å². The monoisotopic (exact) mass is 285 g/mol. The smallest absolute Gasteiger partial charge is 0.0417 e. The van der Waals surface area contributed by atoms with E-state index in [0.717, 1.165) is 18.1 Å². The molecule has 0 saturated carbocycles. The van der Waals surface area contributed by atoms with Crippen LogP contribution in [0.25, 0.3) is 0 Å². The van der Waals surface area contributed by atoms with E-state index in [1.54, 1.807) is 0 Å². The van der Waals surface area contributed by atoms with Crippen molar-refractivity contribution < 1.29 is 0 Å². The average Bonchev–Trinajstić information content (AvgIpc) is 2.32. The molecule has 102 valence electrons. The van der Waals surface area contributed by atoms with Gasteiger partial charge in [0.1, 0.15) is 0 Å². The van der Waals surface area contributed by atoms with Crippen molar-refractivity contribution >= 4 is 23.4 Å². The summed E-state index contributed by atoms with van der Waals surface area (Å²) in [5.74, 6) is 1.86. The van der Waals surface area contributed by atoms with Gasteiger partial charge in [0.2, 0.25) is 0 Å². The van der Waals surface area contributed by atoms with Crippen LogP contribution in [0.4, 0.5) is 0 Å². The van der Waals surface area contributed by atoms with Gasteiger partial charge in [-0.1, -0.05) is 44.9 Å². The first-order chi connectivity index (χ1) is 8.63. The predicted molar refractivity (Wildman–Crippen MR) is 83.6 cm³/mol. The summed E-state index contributed by atoms with van der Waals surface area (Å²) in [6.07, 6.45) is 2.50. The minimum Gasteiger partial charge on any atom is -0.312 e. The van der Waals surface area contributed by atoms with Gasteiger partial charge in [-0.3, -0.25) is 0 Å². The number of halogens is 1. The molecule has 0 heterocycles. The molecule has 0 aliphatic heterocycles. The average molecular weight is 286 g/mol. The van der Waals surface area contributed by atoms with Crippen molar-refractivity contribution in [3.8, 4) is 0 Å². The minimum absolute atomic E-state index is 0.688. The number of rotatable bonds is 8. The Morgan fingerprint density at radius 1 is 1.33 bits per heavy atom. The molecule has 0 spiro atoms. The van der Waals surface area contributed by atoms with Gasteiger partial charge in [0.25, 0.3) is 0 Å². The molecule has 0 aromatic heterocycles. The molecule has 18 heavy (non-hydrogen) atoms. The van der Waals surface area contributed by atoms with Crippen LogP contribution in [-0.4, -0.2) is 12.3 Å². The van der Waals surface area contributed by atoms with Gasteiger partial charge in [-0.15, -0.1) is 11.8 Å². The lowest BCUT2D eigenvalue weighted by atomic mass is 10.2. The highest BCUT2D eigenvalue weighted by Gasteiger charge is 2.04. The second-order valence-corrected chi connectivity index (χ2v) is 6.55. The van der Waals surface area contributed by atoms with E-state index in [1.165, 1.54) is 29.1 Å². The van der Waals surface area contributed by atoms with Gasteiger partial charge < -0.3 is 5.32 Å². The van der Waals surface area contributed by atoms with Gasteiger partial charge in [-0.25, -0.2) is 0 Å². The number of hydrogen-bond donors (Lipinski definition) is 1. The maximum absolute atomic E-state index is 6.08. The van der Waals surface area contributed by atoms with E-state index >= 15 is 0 Å². The fraction of sp³-hybridized carbons (Fsp3) is 0.600. The van der Waals surface area contributed by atoms with Crippen molar-refractivity contribution in [2.75, 3.05) is 12.3 Å². The molecular weight excluding hydrogens is 262 g/mol. The molecule has 1 rings (SSSR count). The highest BCUT2D eigenvalue weighted by Crippen LogP contribution is 2.27. The van der Waals surface area contributed by atoms with E-state index in [2.05, 4.69) is 38.2 Å². The largest absolute Gasteiger partial charge is 0.312 e. The van der Waals surface area contributed by atoms with Gasteiger partial charge in [0, 0.05) is 16.5 Å². The molecule has 0 aliphatic rings. The van der Waals surface area contributed by atoms with Crippen LogP contribution >= 0.6 is 23.4 Å². The second-order valence-electron chi connectivity index (χ2n) is 4.98. The van der Waals surface area contributed by atoms with E-state index in [4.69, 9.17) is 11.6 Å². The van der Waals surface area contributed by atoms with Gasteiger partial charge in [0.15, 0.2) is 0 Å². The van der Waals surface area contributed by atoms with Crippen molar-refractivity contribution in [2.24, 2.45) is 5.92 Å². The van der Waals surface area contributed by atoms with Crippen molar-refractivity contribution in [1.29, 1.82) is 0 Å². The summed E-state index contributed by atoms with van der Waals surface area (Å²) in [4.78, 5) is 1.33. The van der Waals surface area contributed by atoms with Crippen LogP contribution in [0.2, 0.25) is 5.02 Å². The van der Waals surface area contributed by atoms with Crippen molar-refractivity contribution in [2.45, 2.75) is 45.1 Å². The Morgan fingerprint density at radius 2 is 2.11 bits per heavy atom. The van der Waals surface area contributed by atoms with Crippen molar-refractivity contribution in [3.05, 3.63) is 28.8 Å². The molecule has 0 bridgehead atoms. The van der Waals surface area contributed by atoms with Gasteiger partial charge in [0.05, 0.1) is 0 Å². The molecule has 0 unspecified atom stereocenters. The predicted octanol–water partition coefficient (Wildman–Crippen LogP) is 4.98. The fourth-order valence-corrected chi connectivity index (χ4v) is 3.06. The third kappa shape index (κ3) is 6.12. The zero-order valence-corrected chi connectivity index (χ0v) is 13.2. The summed E-state index contributed by atoms with van der Waals surface area (Å²) in [6, 6.07) is 6.22. The molecule has 0 aliphatic carbocycles. The maximum Gasteiger partial charge on any atom is 0.0417 e. The first kappa shape index (κ1) is 15.9. The maximum atomic E-state index is 6.08. The van der Waals surface area contributed by atoms with E-state index in [9.17, 15) is 0 Å². The molecule has 3 heteroatoms. The van der Waals surface area contributed by atoms with Gasteiger partial charge in [-0.05, 0) is 42.3 Å². The normalized spacial score (nSPS) is 11.2. The SMILES string of the molecule is CCCCSc1cc(Cl)ccc1CNCC(C)C. The molecule has 0 saturated heterocycles. The second kappa shape index (κ2) is 8.84. The third-order valence-electron chi connectivity index (χ3n) is 2.65. The highest BCUT2D eigenvalue weighted by molar-refractivity contribution is 7.99. The summed E-state index contributed by atoms with van der Waals surface area (Å²) >= 11 is 8.00. The van der Waals surface area contributed by atoms with Gasteiger partial charge >= 0.3 is 0 Å². The molecule has 1 aromatic carbocycles. The lowest BCUT2D eigenvalue weighted by molar-refractivity contribution is 0.550. The standard InChI is InChI=1S/C15H24ClNS/c1-4-5-8-18-15-9-14(16)7-6-13(15)11-17-10-12(2)3/h6-7,9,12,17H,4-5,8,10-11H2,1-3H3. The van der Waals surface area contributed by atoms with E-state index < -0.39 is 0 Å². The Balaban J connectivity index is 2.58. The summed E-state index contributed by atoms with van der Waals surface area (Å²) in [5, 5.41) is 4.33. The van der Waals surface area contributed by atoms with Gasteiger partial charge in [-0.2, -0.15) is 0 Å².